The zero-order chi connectivity index (χ0) is 14.0. The van der Waals surface area contributed by atoms with Crippen molar-refractivity contribution in [2.75, 3.05) is 5.32 Å². The maximum absolute atomic E-state index is 10.8. The summed E-state index contributed by atoms with van der Waals surface area (Å²) in [5.74, 6) is 0. The standard InChI is InChI=1S/C10H6ClI2N3O2S/c11-10-15-4-6(19-10)3-14-9-7(12)1-5(16(17)18)2-8(9)13/h1-2,4,14H,3H2. The van der Waals surface area contributed by atoms with Gasteiger partial charge in [0.2, 0.25) is 0 Å². The number of anilines is 1. The number of nitrogens with zero attached hydrogens (tertiary/aromatic N) is 2. The Balaban J connectivity index is 2.18. The number of benzene rings is 1. The zero-order valence-electron chi connectivity index (χ0n) is 9.19. The minimum absolute atomic E-state index is 0.0974. The van der Waals surface area contributed by atoms with Gasteiger partial charge in [-0.05, 0) is 45.2 Å². The SMILES string of the molecule is O=[N+]([O-])c1cc(I)c(NCc2cnc(Cl)s2)c(I)c1. The van der Waals surface area contributed by atoms with Crippen molar-refractivity contribution in [3.8, 4) is 0 Å². The van der Waals surface area contributed by atoms with Crippen LogP contribution in [0.25, 0.3) is 0 Å². The molecular weight excluding hydrogens is 515 g/mol. The number of halogens is 3. The van der Waals surface area contributed by atoms with Crippen molar-refractivity contribution in [3.63, 3.8) is 0 Å². The summed E-state index contributed by atoms with van der Waals surface area (Å²) in [6, 6.07) is 3.09. The molecule has 0 aliphatic heterocycles. The molecule has 100 valence electrons. The van der Waals surface area contributed by atoms with Gasteiger partial charge >= 0.3 is 0 Å². The second kappa shape index (κ2) is 6.50. The molecule has 0 saturated carbocycles. The number of thiazole rings is 1. The average molecular weight is 522 g/mol. The molecule has 1 aromatic heterocycles. The van der Waals surface area contributed by atoms with E-state index in [1.165, 1.54) is 11.3 Å². The topological polar surface area (TPSA) is 68.1 Å². The van der Waals surface area contributed by atoms with Gasteiger partial charge in [0.15, 0.2) is 4.47 Å². The van der Waals surface area contributed by atoms with E-state index in [4.69, 9.17) is 11.6 Å². The molecule has 0 aliphatic rings. The molecule has 5 nitrogen and oxygen atoms in total. The van der Waals surface area contributed by atoms with Crippen LogP contribution in [-0.2, 0) is 6.54 Å². The third-order valence-electron chi connectivity index (χ3n) is 2.20. The Labute approximate surface area is 145 Å². The van der Waals surface area contributed by atoms with Gasteiger partial charge in [-0.15, -0.1) is 11.3 Å². The van der Waals surface area contributed by atoms with Gasteiger partial charge in [0.05, 0.1) is 17.2 Å². The van der Waals surface area contributed by atoms with Crippen molar-refractivity contribution >= 4 is 79.5 Å². The average Bonchev–Trinajstić information content (AvgIpc) is 2.73. The lowest BCUT2D eigenvalue weighted by Gasteiger charge is -2.09. The molecule has 0 amide bonds. The molecule has 1 heterocycles. The number of nitro benzene ring substituents is 1. The largest absolute Gasteiger partial charge is 0.378 e. The van der Waals surface area contributed by atoms with E-state index >= 15 is 0 Å². The van der Waals surface area contributed by atoms with Crippen LogP contribution in [0.15, 0.2) is 18.3 Å². The molecule has 0 bridgehead atoms. The van der Waals surface area contributed by atoms with Gasteiger partial charge in [-0.3, -0.25) is 10.1 Å². The van der Waals surface area contributed by atoms with Crippen LogP contribution >= 0.6 is 68.1 Å². The van der Waals surface area contributed by atoms with Gasteiger partial charge in [0.1, 0.15) is 0 Å². The molecule has 0 aliphatic carbocycles. The van der Waals surface area contributed by atoms with Crippen molar-refractivity contribution < 1.29 is 4.92 Å². The molecule has 1 aromatic carbocycles. The number of aromatic nitrogens is 1. The Morgan fingerprint density at radius 3 is 2.53 bits per heavy atom. The van der Waals surface area contributed by atoms with Gasteiger partial charge in [0, 0.05) is 30.3 Å². The van der Waals surface area contributed by atoms with E-state index < -0.39 is 4.92 Å². The first kappa shape index (κ1) is 15.2. The second-order valence-corrected chi connectivity index (χ2v) is 7.50. The number of hydrogen-bond donors (Lipinski definition) is 1. The van der Waals surface area contributed by atoms with Gasteiger partial charge in [0.25, 0.3) is 5.69 Å². The van der Waals surface area contributed by atoms with E-state index in [1.54, 1.807) is 18.3 Å². The van der Waals surface area contributed by atoms with Gasteiger partial charge in [-0.25, -0.2) is 4.98 Å². The molecule has 1 N–H and O–H groups in total. The Morgan fingerprint density at radius 2 is 2.05 bits per heavy atom. The summed E-state index contributed by atoms with van der Waals surface area (Å²) in [7, 11) is 0. The lowest BCUT2D eigenvalue weighted by molar-refractivity contribution is -0.385. The third kappa shape index (κ3) is 3.89. The van der Waals surface area contributed by atoms with Crippen LogP contribution in [0.1, 0.15) is 4.88 Å². The molecular formula is C10H6ClI2N3O2S. The predicted molar refractivity (Wildman–Crippen MR) is 93.0 cm³/mol. The Kier molecular flexibility index (Phi) is 5.20. The zero-order valence-corrected chi connectivity index (χ0v) is 15.1. The maximum atomic E-state index is 10.8. The first-order valence-electron chi connectivity index (χ1n) is 4.95. The quantitative estimate of drug-likeness (QED) is 0.365. The molecule has 0 unspecified atom stereocenters. The minimum Gasteiger partial charge on any atom is -0.378 e. The summed E-state index contributed by atoms with van der Waals surface area (Å²) in [5.41, 5.74) is 0.983. The molecule has 0 fully saturated rings. The van der Waals surface area contributed by atoms with Crippen LogP contribution in [0, 0.1) is 17.3 Å². The van der Waals surface area contributed by atoms with Crippen LogP contribution < -0.4 is 5.32 Å². The number of nitro groups is 1. The molecule has 0 atom stereocenters. The van der Waals surface area contributed by atoms with Crippen LogP contribution in [0.4, 0.5) is 11.4 Å². The fourth-order valence-electron chi connectivity index (χ4n) is 1.37. The Morgan fingerprint density at radius 1 is 1.42 bits per heavy atom. The van der Waals surface area contributed by atoms with Crippen LogP contribution in [-0.4, -0.2) is 9.91 Å². The Bertz CT molecular complexity index is 612. The highest BCUT2D eigenvalue weighted by molar-refractivity contribution is 14.1. The smallest absolute Gasteiger partial charge is 0.271 e. The van der Waals surface area contributed by atoms with Crippen LogP contribution in [0.2, 0.25) is 4.47 Å². The summed E-state index contributed by atoms with van der Waals surface area (Å²) in [6.45, 7) is 0.591. The fraction of sp³-hybridized carbons (Fsp3) is 0.100. The van der Waals surface area contributed by atoms with Crippen LogP contribution in [0.3, 0.4) is 0 Å². The van der Waals surface area contributed by atoms with Gasteiger partial charge in [-0.1, -0.05) is 11.6 Å². The summed E-state index contributed by atoms with van der Waals surface area (Å²) in [6.07, 6.45) is 1.71. The highest BCUT2D eigenvalue weighted by atomic mass is 127. The minimum atomic E-state index is -0.392. The van der Waals surface area contributed by atoms with E-state index in [0.29, 0.717) is 11.0 Å². The molecule has 0 spiro atoms. The molecule has 19 heavy (non-hydrogen) atoms. The lowest BCUT2D eigenvalue weighted by atomic mass is 10.3. The third-order valence-corrected chi connectivity index (χ3v) is 5.02. The van der Waals surface area contributed by atoms with Crippen molar-refractivity contribution in [1.82, 2.24) is 4.98 Å². The normalized spacial score (nSPS) is 10.5. The van der Waals surface area contributed by atoms with E-state index in [9.17, 15) is 10.1 Å². The predicted octanol–water partition coefficient (Wildman–Crippen LogP) is 4.53. The highest BCUT2D eigenvalue weighted by Gasteiger charge is 2.13. The van der Waals surface area contributed by atoms with Crippen molar-refractivity contribution in [3.05, 3.63) is 44.9 Å². The molecule has 0 saturated heterocycles. The monoisotopic (exact) mass is 521 g/mol. The number of non-ortho nitro benzene ring substituents is 1. The number of hydrogen-bond acceptors (Lipinski definition) is 5. The summed E-state index contributed by atoms with van der Waals surface area (Å²) < 4.78 is 2.13. The van der Waals surface area contributed by atoms with E-state index in [1.807, 2.05) is 0 Å². The molecule has 2 aromatic rings. The first-order chi connectivity index (χ1) is 8.97. The van der Waals surface area contributed by atoms with E-state index in [2.05, 4.69) is 55.5 Å². The van der Waals surface area contributed by atoms with Crippen molar-refractivity contribution in [1.29, 1.82) is 0 Å². The fourth-order valence-corrected chi connectivity index (χ4v) is 4.41. The van der Waals surface area contributed by atoms with E-state index in [0.717, 1.165) is 17.7 Å². The second-order valence-electron chi connectivity index (χ2n) is 3.47. The summed E-state index contributed by atoms with van der Waals surface area (Å²) >= 11 is 11.3. The maximum Gasteiger partial charge on any atom is 0.271 e. The first-order valence-corrected chi connectivity index (χ1v) is 8.30. The van der Waals surface area contributed by atoms with Crippen molar-refractivity contribution in [2.45, 2.75) is 6.54 Å². The van der Waals surface area contributed by atoms with Gasteiger partial charge < -0.3 is 5.32 Å². The number of nitrogens with one attached hydrogen (secondary N) is 1. The number of rotatable bonds is 4. The summed E-state index contributed by atoms with van der Waals surface area (Å²) in [4.78, 5) is 15.3. The lowest BCUT2D eigenvalue weighted by Crippen LogP contribution is -2.02. The summed E-state index contributed by atoms with van der Waals surface area (Å²) in [5, 5.41) is 14.0. The molecule has 9 heteroatoms. The highest BCUT2D eigenvalue weighted by Crippen LogP contribution is 2.30. The van der Waals surface area contributed by atoms with Gasteiger partial charge in [-0.2, -0.15) is 0 Å². The van der Waals surface area contributed by atoms with Crippen LogP contribution in [0.5, 0.6) is 0 Å². The van der Waals surface area contributed by atoms with Crippen molar-refractivity contribution in [2.24, 2.45) is 0 Å². The molecule has 0 radical (unpaired) electrons. The van der Waals surface area contributed by atoms with E-state index in [-0.39, 0.29) is 5.69 Å². The Hall–Kier alpha value is -0.200. The molecule has 2 rings (SSSR count).